The first kappa shape index (κ1) is 20.2. The Bertz CT molecular complexity index is 987. The number of hydrogen-bond acceptors (Lipinski definition) is 5. The van der Waals surface area contributed by atoms with Gasteiger partial charge in [0.25, 0.3) is 5.91 Å². The van der Waals surface area contributed by atoms with Gasteiger partial charge in [0.1, 0.15) is 5.75 Å². The van der Waals surface area contributed by atoms with Crippen molar-refractivity contribution in [3.63, 3.8) is 0 Å². The molecule has 6 heteroatoms. The van der Waals surface area contributed by atoms with Crippen molar-refractivity contribution in [3.8, 4) is 5.75 Å². The van der Waals surface area contributed by atoms with Crippen LogP contribution in [0.25, 0.3) is 6.08 Å². The summed E-state index contributed by atoms with van der Waals surface area (Å²) in [6.45, 7) is 1.74. The van der Waals surface area contributed by atoms with Gasteiger partial charge in [-0.1, -0.05) is 12.1 Å². The van der Waals surface area contributed by atoms with Crippen LogP contribution in [-0.2, 0) is 14.3 Å². The monoisotopic (exact) mass is 392 g/mol. The van der Waals surface area contributed by atoms with Crippen molar-refractivity contribution in [1.29, 1.82) is 0 Å². The van der Waals surface area contributed by atoms with Crippen molar-refractivity contribution in [1.82, 2.24) is 0 Å². The first-order valence-electron chi connectivity index (χ1n) is 9.14. The molecule has 0 atom stereocenters. The minimum atomic E-state index is -0.539. The molecule has 150 valence electrons. The van der Waals surface area contributed by atoms with Crippen LogP contribution in [0.1, 0.15) is 12.5 Å². The Morgan fingerprint density at radius 3 is 2.14 bits per heavy atom. The van der Waals surface area contributed by atoms with Crippen LogP contribution in [0.4, 0.5) is 11.4 Å². The van der Waals surface area contributed by atoms with E-state index in [-0.39, 0.29) is 11.5 Å². The van der Waals surface area contributed by atoms with Crippen LogP contribution in [0.2, 0.25) is 0 Å². The third-order valence-electron chi connectivity index (χ3n) is 4.84. The highest BCUT2D eigenvalue weighted by molar-refractivity contribution is 6.23. The third-order valence-corrected chi connectivity index (χ3v) is 4.84. The Hall–Kier alpha value is -3.54. The summed E-state index contributed by atoms with van der Waals surface area (Å²) in [5.74, 6) is -0.125. The van der Waals surface area contributed by atoms with Crippen LogP contribution in [0.15, 0.2) is 65.4 Å². The molecule has 0 aromatic heterocycles. The molecule has 0 unspecified atom stereocenters. The Morgan fingerprint density at radius 1 is 1.00 bits per heavy atom. The van der Waals surface area contributed by atoms with Gasteiger partial charge in [-0.25, -0.2) is 4.79 Å². The number of carbonyl (C=O) groups is 2. The van der Waals surface area contributed by atoms with Gasteiger partial charge >= 0.3 is 5.97 Å². The molecule has 2 aromatic carbocycles. The van der Waals surface area contributed by atoms with Crippen molar-refractivity contribution in [2.75, 3.05) is 38.1 Å². The number of anilines is 2. The predicted molar refractivity (Wildman–Crippen MR) is 114 cm³/mol. The van der Waals surface area contributed by atoms with Crippen LogP contribution < -0.4 is 14.5 Å². The Labute approximate surface area is 170 Å². The van der Waals surface area contributed by atoms with Crippen LogP contribution in [0, 0.1) is 0 Å². The van der Waals surface area contributed by atoms with E-state index in [0.29, 0.717) is 22.7 Å². The van der Waals surface area contributed by atoms with Gasteiger partial charge in [0, 0.05) is 31.2 Å². The van der Waals surface area contributed by atoms with Gasteiger partial charge in [-0.3, -0.25) is 9.69 Å². The molecule has 0 saturated carbocycles. The summed E-state index contributed by atoms with van der Waals surface area (Å²) in [6.07, 6.45) is 1.72. The van der Waals surface area contributed by atoms with Gasteiger partial charge in [-0.15, -0.1) is 0 Å². The van der Waals surface area contributed by atoms with Crippen LogP contribution >= 0.6 is 0 Å². The highest BCUT2D eigenvalue weighted by Crippen LogP contribution is 2.36. The second kappa shape index (κ2) is 8.22. The summed E-state index contributed by atoms with van der Waals surface area (Å²) in [5.41, 5.74) is 3.63. The molecule has 29 heavy (non-hydrogen) atoms. The summed E-state index contributed by atoms with van der Waals surface area (Å²) in [4.78, 5) is 29.2. The third kappa shape index (κ3) is 3.87. The highest BCUT2D eigenvalue weighted by atomic mass is 16.5. The van der Waals surface area contributed by atoms with Crippen LogP contribution in [0.5, 0.6) is 5.75 Å². The lowest BCUT2D eigenvalue weighted by atomic mass is 10.0. The zero-order chi connectivity index (χ0) is 21.1. The van der Waals surface area contributed by atoms with Crippen molar-refractivity contribution in [2.24, 2.45) is 0 Å². The number of allylic oxidation sites excluding steroid dienone is 1. The molecule has 3 rings (SSSR count). The van der Waals surface area contributed by atoms with E-state index >= 15 is 0 Å². The summed E-state index contributed by atoms with van der Waals surface area (Å²) < 4.78 is 10.1. The van der Waals surface area contributed by atoms with Crippen LogP contribution in [0.3, 0.4) is 0 Å². The van der Waals surface area contributed by atoms with Gasteiger partial charge in [-0.05, 0) is 55.0 Å². The molecule has 6 nitrogen and oxygen atoms in total. The molecule has 1 heterocycles. The van der Waals surface area contributed by atoms with E-state index in [2.05, 4.69) is 0 Å². The fraction of sp³-hybridized carbons (Fsp3) is 0.217. The van der Waals surface area contributed by atoms with E-state index in [1.165, 1.54) is 12.0 Å². The molecule has 1 aliphatic heterocycles. The normalized spacial score (nSPS) is 15.1. The number of methoxy groups -OCH3 is 2. The largest absolute Gasteiger partial charge is 0.497 e. The van der Waals surface area contributed by atoms with Crippen molar-refractivity contribution in [2.45, 2.75) is 6.92 Å². The topological polar surface area (TPSA) is 59.1 Å². The molecule has 1 aliphatic rings. The molecule has 0 radical (unpaired) electrons. The number of esters is 1. The lowest BCUT2D eigenvalue weighted by Crippen LogP contribution is -2.24. The predicted octanol–water partition coefficient (Wildman–Crippen LogP) is 3.64. The summed E-state index contributed by atoms with van der Waals surface area (Å²) in [7, 11) is 6.82. The molecule has 0 saturated heterocycles. The first-order valence-corrected chi connectivity index (χ1v) is 9.14. The molecule has 1 amide bonds. The average Bonchev–Trinajstić information content (AvgIpc) is 2.97. The number of nitrogens with zero attached hydrogens (tertiary/aromatic N) is 2. The number of carbonyl (C=O) groups excluding carboxylic acids is 2. The summed E-state index contributed by atoms with van der Waals surface area (Å²) in [5, 5.41) is 0. The number of amides is 1. The lowest BCUT2D eigenvalue weighted by molar-refractivity contribution is -0.136. The second-order valence-electron chi connectivity index (χ2n) is 6.83. The Morgan fingerprint density at radius 2 is 1.62 bits per heavy atom. The number of rotatable bonds is 5. The maximum Gasteiger partial charge on any atom is 0.340 e. The van der Waals surface area contributed by atoms with Crippen molar-refractivity contribution >= 4 is 29.3 Å². The smallest absolute Gasteiger partial charge is 0.340 e. The first-order chi connectivity index (χ1) is 13.9. The maximum atomic E-state index is 13.2. The summed E-state index contributed by atoms with van der Waals surface area (Å²) in [6, 6.07) is 14.9. The molecular weight excluding hydrogens is 368 g/mol. The second-order valence-corrected chi connectivity index (χ2v) is 6.83. The van der Waals surface area contributed by atoms with Crippen molar-refractivity contribution < 1.29 is 19.1 Å². The zero-order valence-corrected chi connectivity index (χ0v) is 17.2. The average molecular weight is 392 g/mol. The molecule has 0 spiro atoms. The van der Waals surface area contributed by atoms with Crippen LogP contribution in [-0.4, -0.2) is 40.2 Å². The molecule has 0 bridgehead atoms. The minimum absolute atomic E-state index is 0.269. The minimum Gasteiger partial charge on any atom is -0.497 e. The van der Waals surface area contributed by atoms with Gasteiger partial charge in [-0.2, -0.15) is 0 Å². The van der Waals surface area contributed by atoms with E-state index < -0.39 is 5.97 Å². The molecular formula is C23H24N2O4. The lowest BCUT2D eigenvalue weighted by Gasteiger charge is -2.18. The van der Waals surface area contributed by atoms with E-state index in [4.69, 9.17) is 9.47 Å². The molecule has 0 aliphatic carbocycles. The summed E-state index contributed by atoms with van der Waals surface area (Å²) >= 11 is 0. The highest BCUT2D eigenvalue weighted by Gasteiger charge is 2.37. The van der Waals surface area contributed by atoms with Crippen molar-refractivity contribution in [3.05, 3.63) is 70.9 Å². The molecule has 2 aromatic rings. The van der Waals surface area contributed by atoms with Gasteiger partial charge < -0.3 is 14.4 Å². The van der Waals surface area contributed by atoms with Gasteiger partial charge in [0.15, 0.2) is 0 Å². The van der Waals surface area contributed by atoms with E-state index in [0.717, 1.165) is 11.3 Å². The standard InChI is InChI=1S/C23H24N2O4/c1-15-21(23(27)29-5)20(14-16-6-8-17(9-7-16)24(2)3)22(26)25(15)18-10-12-19(28-4)13-11-18/h6-14H,1-5H3/b20-14-. The van der Waals surface area contributed by atoms with Gasteiger partial charge in [0.2, 0.25) is 0 Å². The fourth-order valence-electron chi connectivity index (χ4n) is 3.26. The van der Waals surface area contributed by atoms with Gasteiger partial charge in [0.05, 0.1) is 25.4 Å². The van der Waals surface area contributed by atoms with E-state index in [1.807, 2.05) is 43.3 Å². The quantitative estimate of drug-likeness (QED) is 0.574. The molecule has 0 N–H and O–H groups in total. The van der Waals surface area contributed by atoms with E-state index in [1.54, 1.807) is 44.4 Å². The molecule has 0 fully saturated rings. The number of hydrogen-bond donors (Lipinski definition) is 0. The van der Waals surface area contributed by atoms with E-state index in [9.17, 15) is 9.59 Å². The number of ether oxygens (including phenoxy) is 2. The maximum absolute atomic E-state index is 13.2. The Kier molecular flexibility index (Phi) is 5.73. The number of benzene rings is 2. The zero-order valence-electron chi connectivity index (χ0n) is 17.2. The SMILES string of the molecule is COC(=O)C1=C(C)N(c2ccc(OC)cc2)C(=O)/C1=C\c1ccc(N(C)C)cc1. The fourth-order valence-corrected chi connectivity index (χ4v) is 3.26. The Balaban J connectivity index is 2.06.